The normalized spacial score (nSPS) is 14.6. The number of nitrogens with zero attached hydrogens (tertiary/aromatic N) is 1. The highest BCUT2D eigenvalue weighted by atomic mass is 32.2. The standard InChI is InChI=1S/C33H36N6O6S2/c40-26(21-45-29-8-4-7-28-31(29)37-33(42)36-28)19-34-23-15-17-39(18-16-23)25-11-9-24(10-12-25)38-47(43,44)30-14-13-27(46-30)20-35-32(41)22-5-2-1-3-6-22/h1-14,23,26,34,38,40H,15-21H2,(H,35,41)(H2,36,37,42)/t26-/m0/s1. The van der Waals surface area contributed by atoms with Gasteiger partial charge in [0.25, 0.3) is 15.9 Å². The van der Waals surface area contributed by atoms with Crippen LogP contribution in [0.5, 0.6) is 5.75 Å². The van der Waals surface area contributed by atoms with Gasteiger partial charge in [0.2, 0.25) is 0 Å². The van der Waals surface area contributed by atoms with Crippen molar-refractivity contribution in [1.29, 1.82) is 0 Å². The Morgan fingerprint density at radius 2 is 1.74 bits per heavy atom. The number of para-hydroxylation sites is 1. The first-order chi connectivity index (χ1) is 22.7. The zero-order valence-corrected chi connectivity index (χ0v) is 27.1. The van der Waals surface area contributed by atoms with E-state index in [0.29, 0.717) is 34.6 Å². The zero-order valence-electron chi connectivity index (χ0n) is 25.4. The molecule has 12 nitrogen and oxygen atoms in total. The first-order valence-corrected chi connectivity index (χ1v) is 17.6. The third-order valence-corrected chi connectivity index (χ3v) is 10.9. The molecule has 6 rings (SSSR count). The number of aliphatic hydroxyl groups is 1. The van der Waals surface area contributed by atoms with Crippen molar-refractivity contribution in [2.75, 3.05) is 35.9 Å². The second kappa shape index (κ2) is 14.4. The minimum atomic E-state index is -3.78. The van der Waals surface area contributed by atoms with Crippen molar-refractivity contribution in [3.8, 4) is 5.75 Å². The van der Waals surface area contributed by atoms with Crippen LogP contribution in [-0.2, 0) is 16.6 Å². The van der Waals surface area contributed by atoms with Crippen molar-refractivity contribution >= 4 is 49.7 Å². The maximum atomic E-state index is 13.0. The van der Waals surface area contributed by atoms with E-state index in [9.17, 15) is 23.1 Å². The number of hydrogen-bond acceptors (Lipinski definition) is 9. The van der Waals surface area contributed by atoms with Gasteiger partial charge in [-0.15, -0.1) is 11.3 Å². The molecule has 47 heavy (non-hydrogen) atoms. The molecule has 5 aromatic rings. The molecule has 1 fully saturated rings. The van der Waals surface area contributed by atoms with E-state index in [-0.39, 0.29) is 35.0 Å². The number of carbonyl (C=O) groups excluding carboxylic acids is 1. The second-order valence-electron chi connectivity index (χ2n) is 11.3. The van der Waals surface area contributed by atoms with E-state index < -0.39 is 16.1 Å². The van der Waals surface area contributed by atoms with Crippen LogP contribution in [0.15, 0.2) is 93.9 Å². The van der Waals surface area contributed by atoms with Crippen molar-refractivity contribution in [3.05, 3.63) is 106 Å². The number of nitrogens with one attached hydrogen (secondary N) is 5. The molecule has 1 atom stereocenters. The SMILES string of the molecule is O=C(NCc1ccc(S(=O)(=O)Nc2ccc(N3CCC(NC[C@H](O)COc4cccc5[nH]c(=O)[nH]c45)CC3)cc2)s1)c1ccccc1. The average Bonchev–Trinajstić information content (AvgIpc) is 3.73. The number of ether oxygens (including phenoxy) is 1. The number of fused-ring (bicyclic) bond motifs is 1. The van der Waals surface area contributed by atoms with E-state index in [1.807, 2.05) is 18.2 Å². The number of thiophene rings is 1. The molecule has 0 aliphatic carbocycles. The molecule has 0 saturated carbocycles. The summed E-state index contributed by atoms with van der Waals surface area (Å²) in [5, 5.41) is 16.7. The molecular weight excluding hydrogens is 641 g/mol. The lowest BCUT2D eigenvalue weighted by Crippen LogP contribution is -2.45. The highest BCUT2D eigenvalue weighted by Gasteiger charge is 2.21. The second-order valence-corrected chi connectivity index (χ2v) is 14.4. The number of aliphatic hydroxyl groups excluding tert-OH is 1. The van der Waals surface area contributed by atoms with E-state index in [4.69, 9.17) is 4.74 Å². The van der Waals surface area contributed by atoms with E-state index in [0.717, 1.165) is 47.8 Å². The van der Waals surface area contributed by atoms with Gasteiger partial charge in [-0.2, -0.15) is 0 Å². The van der Waals surface area contributed by atoms with Crippen LogP contribution >= 0.6 is 11.3 Å². The Kier molecular flexibility index (Phi) is 9.92. The molecule has 6 N–H and O–H groups in total. The Morgan fingerprint density at radius 3 is 2.51 bits per heavy atom. The van der Waals surface area contributed by atoms with E-state index in [2.05, 4.69) is 30.2 Å². The van der Waals surface area contributed by atoms with Gasteiger partial charge >= 0.3 is 5.69 Å². The van der Waals surface area contributed by atoms with E-state index in [1.54, 1.807) is 66.7 Å². The molecule has 0 spiro atoms. The van der Waals surface area contributed by atoms with Crippen LogP contribution in [0.2, 0.25) is 0 Å². The Morgan fingerprint density at radius 1 is 0.979 bits per heavy atom. The van der Waals surface area contributed by atoms with Crippen molar-refractivity contribution in [2.24, 2.45) is 0 Å². The summed E-state index contributed by atoms with van der Waals surface area (Å²) in [6.45, 7) is 2.34. The lowest BCUT2D eigenvalue weighted by atomic mass is 10.0. The first kappa shape index (κ1) is 32.3. The number of H-pyrrole nitrogens is 2. The number of aromatic nitrogens is 2. The van der Waals surface area contributed by atoms with Crippen LogP contribution in [-0.4, -0.2) is 67.8 Å². The molecule has 2 aromatic heterocycles. The largest absolute Gasteiger partial charge is 0.489 e. The summed E-state index contributed by atoms with van der Waals surface area (Å²) in [6.07, 6.45) is 1.06. The van der Waals surface area contributed by atoms with Crippen LogP contribution in [0.4, 0.5) is 11.4 Å². The Hall–Kier alpha value is -4.63. The van der Waals surface area contributed by atoms with Crippen LogP contribution in [0.25, 0.3) is 11.0 Å². The van der Waals surface area contributed by atoms with E-state index in [1.165, 1.54) is 0 Å². The fraction of sp³-hybridized carbons (Fsp3) is 0.273. The highest BCUT2D eigenvalue weighted by molar-refractivity contribution is 7.94. The fourth-order valence-electron chi connectivity index (χ4n) is 5.44. The highest BCUT2D eigenvalue weighted by Crippen LogP contribution is 2.27. The molecule has 3 aromatic carbocycles. The molecule has 0 bridgehead atoms. The molecule has 3 heterocycles. The third-order valence-electron chi connectivity index (χ3n) is 7.93. The van der Waals surface area contributed by atoms with Gasteiger partial charge in [-0.05, 0) is 73.5 Å². The number of rotatable bonds is 13. The summed E-state index contributed by atoms with van der Waals surface area (Å²) in [7, 11) is -3.78. The molecular formula is C33H36N6O6S2. The number of anilines is 2. The summed E-state index contributed by atoms with van der Waals surface area (Å²) in [4.78, 5) is 32.3. The summed E-state index contributed by atoms with van der Waals surface area (Å²) in [5.74, 6) is 0.291. The number of sulfonamides is 1. The lowest BCUT2D eigenvalue weighted by molar-refractivity contribution is 0.0951. The summed E-state index contributed by atoms with van der Waals surface area (Å²) >= 11 is 1.12. The van der Waals surface area contributed by atoms with Crippen LogP contribution in [0.1, 0.15) is 28.1 Å². The minimum Gasteiger partial charge on any atom is -0.489 e. The van der Waals surface area contributed by atoms with Gasteiger partial charge in [-0.3, -0.25) is 9.52 Å². The smallest absolute Gasteiger partial charge is 0.323 e. The molecule has 14 heteroatoms. The molecule has 1 saturated heterocycles. The third kappa shape index (κ3) is 8.21. The predicted molar refractivity (Wildman–Crippen MR) is 183 cm³/mol. The van der Waals surface area contributed by atoms with Gasteiger partial charge in [0.15, 0.2) is 0 Å². The van der Waals surface area contributed by atoms with Gasteiger partial charge < -0.3 is 35.3 Å². The van der Waals surface area contributed by atoms with Gasteiger partial charge in [0.05, 0.1) is 12.1 Å². The molecule has 1 aliphatic heterocycles. The summed E-state index contributed by atoms with van der Waals surface area (Å²) < 4.78 is 34.6. The van der Waals surface area contributed by atoms with Crippen LogP contribution < -0.4 is 30.7 Å². The average molecular weight is 677 g/mol. The number of amides is 1. The van der Waals surface area contributed by atoms with Gasteiger partial charge in [0.1, 0.15) is 28.2 Å². The molecule has 246 valence electrons. The molecule has 0 unspecified atom stereocenters. The van der Waals surface area contributed by atoms with Crippen molar-refractivity contribution in [1.82, 2.24) is 20.6 Å². The van der Waals surface area contributed by atoms with Crippen LogP contribution in [0, 0.1) is 0 Å². The Labute approximate surface area is 275 Å². The number of aromatic amines is 2. The Bertz CT molecular complexity index is 1970. The zero-order chi connectivity index (χ0) is 32.8. The van der Waals surface area contributed by atoms with Crippen molar-refractivity contribution in [3.63, 3.8) is 0 Å². The first-order valence-electron chi connectivity index (χ1n) is 15.3. The number of imidazole rings is 1. The maximum absolute atomic E-state index is 13.0. The monoisotopic (exact) mass is 676 g/mol. The number of benzene rings is 3. The quantitative estimate of drug-likeness (QED) is 0.110. The van der Waals surface area contributed by atoms with Crippen LogP contribution in [0.3, 0.4) is 0 Å². The fourth-order valence-corrected chi connectivity index (χ4v) is 7.80. The summed E-state index contributed by atoms with van der Waals surface area (Å²) in [6, 6.07) is 25.0. The Balaban J connectivity index is 0.930. The van der Waals surface area contributed by atoms with Gasteiger partial charge in [-0.25, -0.2) is 13.2 Å². The maximum Gasteiger partial charge on any atom is 0.323 e. The van der Waals surface area contributed by atoms with Crippen molar-refractivity contribution in [2.45, 2.75) is 35.7 Å². The number of hydrogen-bond donors (Lipinski definition) is 6. The lowest BCUT2D eigenvalue weighted by Gasteiger charge is -2.34. The molecule has 0 radical (unpaired) electrons. The molecule has 1 aliphatic rings. The van der Waals surface area contributed by atoms with Crippen molar-refractivity contribution < 1.29 is 23.1 Å². The number of carbonyl (C=O) groups is 1. The van der Waals surface area contributed by atoms with E-state index >= 15 is 0 Å². The molecule has 1 amide bonds. The topological polar surface area (TPSA) is 169 Å². The summed E-state index contributed by atoms with van der Waals surface area (Å²) in [5.41, 5.74) is 2.94. The predicted octanol–water partition coefficient (Wildman–Crippen LogP) is 3.65. The van der Waals surface area contributed by atoms with Gasteiger partial charge in [-0.1, -0.05) is 24.3 Å². The minimum absolute atomic E-state index is 0.0922. The van der Waals surface area contributed by atoms with Gasteiger partial charge in [0, 0.05) is 47.5 Å². The number of piperidine rings is 1.